The summed E-state index contributed by atoms with van der Waals surface area (Å²) in [6, 6.07) is 6.01. The van der Waals surface area contributed by atoms with Crippen LogP contribution in [0.5, 0.6) is 0 Å². The lowest BCUT2D eigenvalue weighted by molar-refractivity contribution is 0.249. The lowest BCUT2D eigenvalue weighted by Crippen LogP contribution is -2.43. The number of thioether (sulfide) groups is 1. The maximum atomic E-state index is 6.30. The van der Waals surface area contributed by atoms with E-state index in [0.29, 0.717) is 0 Å². The predicted octanol–water partition coefficient (Wildman–Crippen LogP) is 3.40. The summed E-state index contributed by atoms with van der Waals surface area (Å²) in [6.45, 7) is 0. The van der Waals surface area contributed by atoms with Crippen molar-refractivity contribution in [3.05, 3.63) is 28.8 Å². The second-order valence-electron chi connectivity index (χ2n) is 3.85. The molecule has 0 radical (unpaired) electrons. The van der Waals surface area contributed by atoms with Crippen LogP contribution in [0.25, 0.3) is 0 Å². The molecule has 1 fully saturated rings. The molecule has 0 heterocycles. The van der Waals surface area contributed by atoms with Crippen LogP contribution >= 0.6 is 23.4 Å². The molecule has 1 aliphatic carbocycles. The summed E-state index contributed by atoms with van der Waals surface area (Å²) in [5.41, 5.74) is 7.42. The molecule has 76 valence electrons. The predicted molar refractivity (Wildman–Crippen MR) is 62.9 cm³/mol. The minimum atomic E-state index is -0.108. The zero-order valence-electron chi connectivity index (χ0n) is 8.22. The van der Waals surface area contributed by atoms with Gasteiger partial charge in [-0.15, -0.1) is 11.8 Å². The molecule has 2 N–H and O–H groups in total. The van der Waals surface area contributed by atoms with Gasteiger partial charge in [0.05, 0.1) is 0 Å². The quantitative estimate of drug-likeness (QED) is 0.784. The molecule has 1 aromatic rings. The minimum absolute atomic E-state index is 0.108. The van der Waals surface area contributed by atoms with Gasteiger partial charge in [-0.1, -0.05) is 11.6 Å². The van der Waals surface area contributed by atoms with E-state index in [1.807, 2.05) is 12.1 Å². The summed E-state index contributed by atoms with van der Waals surface area (Å²) >= 11 is 7.74. The van der Waals surface area contributed by atoms with Crippen molar-refractivity contribution in [3.8, 4) is 0 Å². The van der Waals surface area contributed by atoms with Crippen LogP contribution < -0.4 is 5.73 Å². The Bertz CT molecular complexity index is 347. The summed E-state index contributed by atoms with van der Waals surface area (Å²) in [5, 5.41) is 0.787. The topological polar surface area (TPSA) is 26.0 Å². The third-order valence-corrected chi connectivity index (χ3v) is 3.97. The molecule has 0 amide bonds. The number of rotatable bonds is 2. The van der Waals surface area contributed by atoms with Gasteiger partial charge in [-0.3, -0.25) is 0 Å². The summed E-state index contributed by atoms with van der Waals surface area (Å²) in [6.07, 6.45) is 5.48. The molecule has 1 aliphatic rings. The first-order valence-corrected chi connectivity index (χ1v) is 6.39. The van der Waals surface area contributed by atoms with Gasteiger partial charge in [-0.05, 0) is 49.3 Å². The lowest BCUT2D eigenvalue weighted by atomic mass is 9.73. The van der Waals surface area contributed by atoms with Crippen LogP contribution in [-0.2, 0) is 5.54 Å². The second-order valence-corrected chi connectivity index (χ2v) is 5.14. The number of benzene rings is 1. The SMILES string of the molecule is CSc1ccc(Cl)cc1C1(N)CCC1. The Kier molecular flexibility index (Phi) is 2.78. The normalized spacial score (nSPS) is 19.1. The van der Waals surface area contributed by atoms with Crippen LogP contribution in [0.4, 0.5) is 0 Å². The fraction of sp³-hybridized carbons (Fsp3) is 0.455. The molecule has 0 aliphatic heterocycles. The molecule has 2 rings (SSSR count). The van der Waals surface area contributed by atoms with Gasteiger partial charge in [-0.2, -0.15) is 0 Å². The Morgan fingerprint density at radius 2 is 2.14 bits per heavy atom. The first-order valence-electron chi connectivity index (χ1n) is 4.79. The second kappa shape index (κ2) is 3.76. The van der Waals surface area contributed by atoms with Crippen molar-refractivity contribution in [2.45, 2.75) is 29.7 Å². The molecule has 0 unspecified atom stereocenters. The molecule has 0 saturated heterocycles. The Balaban J connectivity index is 2.43. The van der Waals surface area contributed by atoms with Crippen molar-refractivity contribution < 1.29 is 0 Å². The molecule has 1 nitrogen and oxygen atoms in total. The number of hydrogen-bond donors (Lipinski definition) is 1. The van der Waals surface area contributed by atoms with Gasteiger partial charge in [0.2, 0.25) is 0 Å². The van der Waals surface area contributed by atoms with Crippen LogP contribution in [-0.4, -0.2) is 6.26 Å². The van der Waals surface area contributed by atoms with E-state index in [2.05, 4.69) is 12.3 Å². The van der Waals surface area contributed by atoms with Gasteiger partial charge < -0.3 is 5.73 Å². The van der Waals surface area contributed by atoms with Crippen LogP contribution in [0.2, 0.25) is 5.02 Å². The minimum Gasteiger partial charge on any atom is -0.321 e. The van der Waals surface area contributed by atoms with Gasteiger partial charge in [0, 0.05) is 15.5 Å². The summed E-state index contributed by atoms with van der Waals surface area (Å²) in [5.74, 6) is 0. The molecule has 0 bridgehead atoms. The van der Waals surface area contributed by atoms with Gasteiger partial charge >= 0.3 is 0 Å². The van der Waals surface area contributed by atoms with Crippen LogP contribution in [0, 0.1) is 0 Å². The third-order valence-electron chi connectivity index (χ3n) is 2.94. The van der Waals surface area contributed by atoms with Gasteiger partial charge in [0.25, 0.3) is 0 Å². The van der Waals surface area contributed by atoms with Crippen molar-refractivity contribution in [1.29, 1.82) is 0 Å². The first-order chi connectivity index (χ1) is 6.65. The van der Waals surface area contributed by atoms with Crippen molar-refractivity contribution in [1.82, 2.24) is 0 Å². The van der Waals surface area contributed by atoms with E-state index in [-0.39, 0.29) is 5.54 Å². The van der Waals surface area contributed by atoms with E-state index < -0.39 is 0 Å². The average Bonchev–Trinajstić information content (AvgIpc) is 2.14. The molecule has 1 aromatic carbocycles. The third kappa shape index (κ3) is 1.67. The molecular weight excluding hydrogens is 214 g/mol. The summed E-state index contributed by atoms with van der Waals surface area (Å²) in [4.78, 5) is 1.26. The standard InChI is InChI=1S/C11H14ClNS/c1-14-10-4-3-8(12)7-9(10)11(13)5-2-6-11/h3-4,7H,2,5-6,13H2,1H3. The van der Waals surface area contributed by atoms with Gasteiger partial charge in [-0.25, -0.2) is 0 Å². The maximum absolute atomic E-state index is 6.30. The molecule has 14 heavy (non-hydrogen) atoms. The van der Waals surface area contributed by atoms with Gasteiger partial charge in [0.1, 0.15) is 0 Å². The summed E-state index contributed by atoms with van der Waals surface area (Å²) < 4.78 is 0. The zero-order valence-corrected chi connectivity index (χ0v) is 9.79. The first kappa shape index (κ1) is 10.3. The van der Waals surface area contributed by atoms with E-state index in [1.54, 1.807) is 11.8 Å². The van der Waals surface area contributed by atoms with Gasteiger partial charge in [0.15, 0.2) is 0 Å². The highest BCUT2D eigenvalue weighted by Crippen LogP contribution is 2.43. The van der Waals surface area contributed by atoms with Crippen molar-refractivity contribution in [3.63, 3.8) is 0 Å². The highest BCUT2D eigenvalue weighted by Gasteiger charge is 2.36. The van der Waals surface area contributed by atoms with Crippen molar-refractivity contribution >= 4 is 23.4 Å². The molecule has 0 aromatic heterocycles. The van der Waals surface area contributed by atoms with E-state index in [4.69, 9.17) is 17.3 Å². The van der Waals surface area contributed by atoms with E-state index in [1.165, 1.54) is 16.9 Å². The smallest absolute Gasteiger partial charge is 0.0421 e. The monoisotopic (exact) mass is 227 g/mol. The Labute approximate surface area is 94.0 Å². The van der Waals surface area contributed by atoms with Crippen molar-refractivity contribution in [2.75, 3.05) is 6.26 Å². The fourth-order valence-corrected chi connectivity index (χ4v) is 2.75. The Hall–Kier alpha value is -0.180. The number of nitrogens with two attached hydrogens (primary N) is 1. The van der Waals surface area contributed by atoms with E-state index in [0.717, 1.165) is 17.9 Å². The molecule has 0 spiro atoms. The van der Waals surface area contributed by atoms with Crippen molar-refractivity contribution in [2.24, 2.45) is 5.73 Å². The average molecular weight is 228 g/mol. The van der Waals surface area contributed by atoms with E-state index >= 15 is 0 Å². The number of hydrogen-bond acceptors (Lipinski definition) is 2. The molecule has 0 atom stereocenters. The molecule has 1 saturated carbocycles. The lowest BCUT2D eigenvalue weighted by Gasteiger charge is -2.39. The van der Waals surface area contributed by atoms with Crippen LogP contribution in [0.1, 0.15) is 24.8 Å². The Morgan fingerprint density at radius 3 is 2.64 bits per heavy atom. The van der Waals surface area contributed by atoms with Crippen LogP contribution in [0.3, 0.4) is 0 Å². The summed E-state index contributed by atoms with van der Waals surface area (Å²) in [7, 11) is 0. The zero-order chi connectivity index (χ0) is 10.2. The van der Waals surface area contributed by atoms with Crippen LogP contribution in [0.15, 0.2) is 23.1 Å². The highest BCUT2D eigenvalue weighted by atomic mass is 35.5. The molecule has 3 heteroatoms. The fourth-order valence-electron chi connectivity index (χ4n) is 1.90. The molecular formula is C11H14ClNS. The number of halogens is 1. The highest BCUT2D eigenvalue weighted by molar-refractivity contribution is 7.98. The largest absolute Gasteiger partial charge is 0.321 e. The maximum Gasteiger partial charge on any atom is 0.0421 e. The van der Waals surface area contributed by atoms with E-state index in [9.17, 15) is 0 Å². The Morgan fingerprint density at radius 1 is 1.43 bits per heavy atom.